The fourth-order valence-corrected chi connectivity index (χ4v) is 2.72. The molecule has 0 atom stereocenters. The molecule has 0 aliphatic carbocycles. The van der Waals surface area contributed by atoms with Gasteiger partial charge in [0.1, 0.15) is 11.6 Å². The molecule has 1 N–H and O–H groups in total. The summed E-state index contributed by atoms with van der Waals surface area (Å²) in [5, 5.41) is 3.31. The molecular formula is C14H16IN3O. The van der Waals surface area contributed by atoms with Crippen molar-refractivity contribution < 1.29 is 4.42 Å². The first-order valence-corrected chi connectivity index (χ1v) is 7.58. The van der Waals surface area contributed by atoms with Gasteiger partial charge >= 0.3 is 0 Å². The van der Waals surface area contributed by atoms with Crippen molar-refractivity contribution in [1.29, 1.82) is 0 Å². The summed E-state index contributed by atoms with van der Waals surface area (Å²) < 4.78 is 6.42. The molecule has 1 fully saturated rings. The van der Waals surface area contributed by atoms with Gasteiger partial charge in [-0.15, -0.1) is 0 Å². The van der Waals surface area contributed by atoms with Crippen LogP contribution in [0.4, 0.5) is 11.5 Å². The molecule has 0 radical (unpaired) electrons. The maximum atomic E-state index is 5.51. The quantitative estimate of drug-likeness (QED) is 0.838. The standard InChI is InChI=1S/C14H16IN3O/c15-13-5-4-12(19-13)10-16-11-3-6-14(17-9-11)18-7-1-2-8-18/h3-6,9,16H,1-2,7-8,10H2. The Balaban J connectivity index is 1.59. The van der Waals surface area contributed by atoms with E-state index in [0.29, 0.717) is 6.54 Å². The Bertz CT molecular complexity index is 532. The Morgan fingerprint density at radius 3 is 2.68 bits per heavy atom. The van der Waals surface area contributed by atoms with E-state index in [4.69, 9.17) is 4.42 Å². The molecule has 2 aromatic heterocycles. The lowest BCUT2D eigenvalue weighted by Crippen LogP contribution is -2.18. The van der Waals surface area contributed by atoms with E-state index in [-0.39, 0.29) is 0 Å². The molecule has 1 saturated heterocycles. The summed E-state index contributed by atoms with van der Waals surface area (Å²) in [7, 11) is 0. The second kappa shape index (κ2) is 5.81. The van der Waals surface area contributed by atoms with E-state index in [1.807, 2.05) is 18.3 Å². The van der Waals surface area contributed by atoms with Crippen LogP contribution in [0, 0.1) is 3.77 Å². The van der Waals surface area contributed by atoms with E-state index in [1.54, 1.807) is 0 Å². The third-order valence-electron chi connectivity index (χ3n) is 3.27. The summed E-state index contributed by atoms with van der Waals surface area (Å²) in [5.74, 6) is 2.02. The van der Waals surface area contributed by atoms with Crippen molar-refractivity contribution in [2.45, 2.75) is 19.4 Å². The van der Waals surface area contributed by atoms with Crippen LogP contribution < -0.4 is 10.2 Å². The highest BCUT2D eigenvalue weighted by atomic mass is 127. The van der Waals surface area contributed by atoms with Gasteiger partial charge in [0.05, 0.1) is 18.4 Å². The zero-order chi connectivity index (χ0) is 13.1. The summed E-state index contributed by atoms with van der Waals surface area (Å²) in [6.07, 6.45) is 4.44. The number of nitrogens with one attached hydrogen (secondary N) is 1. The van der Waals surface area contributed by atoms with Crippen molar-refractivity contribution in [1.82, 2.24) is 4.98 Å². The number of anilines is 2. The van der Waals surface area contributed by atoms with Crippen LogP contribution in [0.3, 0.4) is 0 Å². The van der Waals surface area contributed by atoms with Gasteiger partial charge in [0, 0.05) is 13.1 Å². The van der Waals surface area contributed by atoms with Crippen LogP contribution in [0.5, 0.6) is 0 Å². The second-order valence-electron chi connectivity index (χ2n) is 4.66. The van der Waals surface area contributed by atoms with Gasteiger partial charge in [-0.2, -0.15) is 0 Å². The van der Waals surface area contributed by atoms with Crippen LogP contribution in [0.25, 0.3) is 0 Å². The smallest absolute Gasteiger partial charge is 0.164 e. The van der Waals surface area contributed by atoms with Crippen LogP contribution in [0.1, 0.15) is 18.6 Å². The summed E-state index contributed by atoms with van der Waals surface area (Å²) >= 11 is 2.17. The van der Waals surface area contributed by atoms with Crippen molar-refractivity contribution in [3.63, 3.8) is 0 Å². The number of rotatable bonds is 4. The number of furan rings is 1. The Morgan fingerprint density at radius 2 is 2.05 bits per heavy atom. The molecule has 5 heteroatoms. The SMILES string of the molecule is Ic1ccc(CNc2ccc(N3CCCC3)nc2)o1. The first kappa shape index (κ1) is 12.8. The van der Waals surface area contributed by atoms with Crippen LogP contribution in [0.15, 0.2) is 34.9 Å². The second-order valence-corrected chi connectivity index (χ2v) is 5.72. The Labute approximate surface area is 126 Å². The van der Waals surface area contributed by atoms with Crippen molar-refractivity contribution in [2.24, 2.45) is 0 Å². The zero-order valence-corrected chi connectivity index (χ0v) is 12.8. The molecule has 100 valence electrons. The fraction of sp³-hybridized carbons (Fsp3) is 0.357. The van der Waals surface area contributed by atoms with Crippen LogP contribution >= 0.6 is 22.6 Å². The predicted octanol–water partition coefficient (Wildman–Crippen LogP) is 3.49. The maximum Gasteiger partial charge on any atom is 0.164 e. The largest absolute Gasteiger partial charge is 0.454 e. The molecule has 2 aromatic rings. The van der Waals surface area contributed by atoms with E-state index in [9.17, 15) is 0 Å². The number of halogens is 1. The Hall–Kier alpha value is -1.24. The van der Waals surface area contributed by atoms with Crippen molar-refractivity contribution in [3.8, 4) is 0 Å². The first-order chi connectivity index (χ1) is 9.31. The van der Waals surface area contributed by atoms with Gasteiger partial charge in [-0.25, -0.2) is 4.98 Å². The molecule has 0 aromatic carbocycles. The molecule has 1 aliphatic heterocycles. The lowest BCUT2D eigenvalue weighted by atomic mass is 10.3. The average Bonchev–Trinajstić information content (AvgIpc) is 3.08. The van der Waals surface area contributed by atoms with Crippen molar-refractivity contribution in [2.75, 3.05) is 23.3 Å². The zero-order valence-electron chi connectivity index (χ0n) is 10.6. The molecule has 3 heterocycles. The molecule has 3 rings (SSSR count). The fourth-order valence-electron chi connectivity index (χ4n) is 2.26. The van der Waals surface area contributed by atoms with E-state index >= 15 is 0 Å². The highest BCUT2D eigenvalue weighted by Crippen LogP contribution is 2.19. The number of hydrogen-bond acceptors (Lipinski definition) is 4. The number of hydrogen-bond donors (Lipinski definition) is 1. The monoisotopic (exact) mass is 369 g/mol. The van der Waals surface area contributed by atoms with Crippen LogP contribution in [-0.4, -0.2) is 18.1 Å². The summed E-state index contributed by atoms with van der Waals surface area (Å²) in [6, 6.07) is 8.11. The molecule has 19 heavy (non-hydrogen) atoms. The minimum absolute atomic E-state index is 0.688. The van der Waals surface area contributed by atoms with E-state index in [0.717, 1.165) is 34.1 Å². The lowest BCUT2D eigenvalue weighted by molar-refractivity contribution is 0.493. The summed E-state index contributed by atoms with van der Waals surface area (Å²) in [5.41, 5.74) is 1.02. The Morgan fingerprint density at radius 1 is 1.21 bits per heavy atom. The molecule has 0 spiro atoms. The average molecular weight is 369 g/mol. The van der Waals surface area contributed by atoms with Crippen LogP contribution in [-0.2, 0) is 6.54 Å². The van der Waals surface area contributed by atoms with Gasteiger partial charge in [-0.05, 0) is 59.7 Å². The van der Waals surface area contributed by atoms with Crippen LogP contribution in [0.2, 0.25) is 0 Å². The third kappa shape index (κ3) is 3.20. The molecule has 1 aliphatic rings. The van der Waals surface area contributed by atoms with Crippen molar-refractivity contribution in [3.05, 3.63) is 40.0 Å². The highest BCUT2D eigenvalue weighted by molar-refractivity contribution is 14.1. The van der Waals surface area contributed by atoms with Gasteiger partial charge in [0.15, 0.2) is 3.77 Å². The normalized spacial score (nSPS) is 14.9. The molecule has 0 amide bonds. The lowest BCUT2D eigenvalue weighted by Gasteiger charge is -2.16. The van der Waals surface area contributed by atoms with E-state index in [1.165, 1.54) is 12.8 Å². The predicted molar refractivity (Wildman–Crippen MR) is 84.4 cm³/mol. The third-order valence-corrected chi connectivity index (χ3v) is 3.85. The van der Waals surface area contributed by atoms with Gasteiger partial charge in [0.2, 0.25) is 0 Å². The summed E-state index contributed by atoms with van der Waals surface area (Å²) in [4.78, 5) is 6.84. The maximum absolute atomic E-state index is 5.51. The van der Waals surface area contributed by atoms with E-state index in [2.05, 4.69) is 49.9 Å². The van der Waals surface area contributed by atoms with E-state index < -0.39 is 0 Å². The highest BCUT2D eigenvalue weighted by Gasteiger charge is 2.12. The number of pyridine rings is 1. The molecule has 0 unspecified atom stereocenters. The summed E-state index contributed by atoms with van der Waals surface area (Å²) in [6.45, 7) is 2.95. The van der Waals surface area contributed by atoms with Gasteiger partial charge in [0.25, 0.3) is 0 Å². The number of aromatic nitrogens is 1. The van der Waals surface area contributed by atoms with Gasteiger partial charge < -0.3 is 14.6 Å². The molecule has 0 saturated carbocycles. The first-order valence-electron chi connectivity index (χ1n) is 6.50. The number of nitrogens with zero attached hydrogens (tertiary/aromatic N) is 2. The molecule has 0 bridgehead atoms. The topological polar surface area (TPSA) is 41.3 Å². The van der Waals surface area contributed by atoms with Crippen molar-refractivity contribution >= 4 is 34.1 Å². The minimum atomic E-state index is 0.688. The van der Waals surface area contributed by atoms with Gasteiger partial charge in [-0.1, -0.05) is 0 Å². The Kier molecular flexibility index (Phi) is 3.91. The molecule has 4 nitrogen and oxygen atoms in total. The molecular weight excluding hydrogens is 353 g/mol. The minimum Gasteiger partial charge on any atom is -0.454 e. The van der Waals surface area contributed by atoms with Gasteiger partial charge in [-0.3, -0.25) is 0 Å².